The molecule has 1 aliphatic carbocycles. The van der Waals surface area contributed by atoms with E-state index in [0.29, 0.717) is 6.04 Å². The van der Waals surface area contributed by atoms with E-state index in [2.05, 4.69) is 25.7 Å². The first kappa shape index (κ1) is 14.0. The van der Waals surface area contributed by atoms with Crippen molar-refractivity contribution in [3.8, 4) is 0 Å². The van der Waals surface area contributed by atoms with E-state index in [4.69, 9.17) is 0 Å². The number of aliphatic hydroxyl groups excluding tert-OH is 1. The molecule has 0 aromatic heterocycles. The first-order valence-electron chi connectivity index (χ1n) is 7.14. The molecule has 1 rings (SSSR count). The average Bonchev–Trinajstić information content (AvgIpc) is 2.28. The average molecular weight is 227 g/mol. The molecule has 3 unspecified atom stereocenters. The van der Waals surface area contributed by atoms with Crippen molar-refractivity contribution < 1.29 is 5.11 Å². The van der Waals surface area contributed by atoms with Crippen LogP contribution in [0.1, 0.15) is 65.7 Å². The van der Waals surface area contributed by atoms with Gasteiger partial charge in [0.25, 0.3) is 0 Å². The molecule has 96 valence electrons. The number of rotatable bonds is 4. The molecule has 0 heterocycles. The van der Waals surface area contributed by atoms with E-state index in [1.165, 1.54) is 38.5 Å². The summed E-state index contributed by atoms with van der Waals surface area (Å²) in [4.78, 5) is 2.32. The van der Waals surface area contributed by atoms with Crippen molar-refractivity contribution in [2.75, 3.05) is 6.54 Å². The summed E-state index contributed by atoms with van der Waals surface area (Å²) in [5.74, 6) is 0.737. The van der Waals surface area contributed by atoms with Gasteiger partial charge in [-0.1, -0.05) is 46.5 Å². The summed E-state index contributed by atoms with van der Waals surface area (Å²) >= 11 is 0. The van der Waals surface area contributed by atoms with E-state index < -0.39 is 0 Å². The predicted octanol–water partition coefficient (Wildman–Crippen LogP) is 3.40. The number of hydrogen-bond donors (Lipinski definition) is 1. The zero-order chi connectivity index (χ0) is 12.0. The van der Waals surface area contributed by atoms with Gasteiger partial charge in [0.15, 0.2) is 0 Å². The third-order valence-electron chi connectivity index (χ3n) is 4.11. The van der Waals surface area contributed by atoms with Crippen LogP contribution in [0.3, 0.4) is 0 Å². The van der Waals surface area contributed by atoms with Crippen LogP contribution in [0.2, 0.25) is 0 Å². The maximum absolute atomic E-state index is 10.1. The van der Waals surface area contributed by atoms with Gasteiger partial charge in [0.05, 0.1) is 0 Å². The van der Waals surface area contributed by atoms with Gasteiger partial charge >= 0.3 is 0 Å². The predicted molar refractivity (Wildman–Crippen MR) is 69.3 cm³/mol. The standard InChI is InChI=1S/C14H29NO/c1-4-14(16)15(5-2)13-11-9-7-6-8-10-12(13)3/h12-14,16H,4-11H2,1-3H3. The molecular formula is C14H29NO. The lowest BCUT2D eigenvalue weighted by Crippen LogP contribution is -2.46. The summed E-state index contributed by atoms with van der Waals surface area (Å²) in [7, 11) is 0. The maximum atomic E-state index is 10.1. The highest BCUT2D eigenvalue weighted by atomic mass is 16.3. The fraction of sp³-hybridized carbons (Fsp3) is 1.00. The van der Waals surface area contributed by atoms with Gasteiger partial charge in [-0.3, -0.25) is 4.90 Å². The quantitative estimate of drug-likeness (QED) is 0.744. The fourth-order valence-corrected chi connectivity index (χ4v) is 3.04. The van der Waals surface area contributed by atoms with Gasteiger partial charge in [-0.15, -0.1) is 0 Å². The minimum absolute atomic E-state index is 0.239. The monoisotopic (exact) mass is 227 g/mol. The SMILES string of the molecule is CCC(O)N(CC)C1CCCCCCC1C. The largest absolute Gasteiger partial charge is 0.378 e. The van der Waals surface area contributed by atoms with Crippen molar-refractivity contribution in [3.63, 3.8) is 0 Å². The number of hydrogen-bond acceptors (Lipinski definition) is 2. The lowest BCUT2D eigenvalue weighted by molar-refractivity contribution is -0.0431. The van der Waals surface area contributed by atoms with E-state index in [1.54, 1.807) is 0 Å². The molecular weight excluding hydrogens is 198 g/mol. The molecule has 2 nitrogen and oxygen atoms in total. The van der Waals surface area contributed by atoms with Crippen molar-refractivity contribution >= 4 is 0 Å². The molecule has 2 heteroatoms. The minimum Gasteiger partial charge on any atom is -0.378 e. The topological polar surface area (TPSA) is 23.5 Å². The first-order chi connectivity index (χ1) is 7.70. The zero-order valence-electron chi connectivity index (χ0n) is 11.3. The third-order valence-corrected chi connectivity index (χ3v) is 4.11. The van der Waals surface area contributed by atoms with E-state index in [-0.39, 0.29) is 6.23 Å². The van der Waals surface area contributed by atoms with Gasteiger partial charge in [-0.2, -0.15) is 0 Å². The number of aliphatic hydroxyl groups is 1. The summed E-state index contributed by atoms with van der Waals surface area (Å²) in [6.07, 6.45) is 8.69. The van der Waals surface area contributed by atoms with Crippen LogP contribution in [0.5, 0.6) is 0 Å². The van der Waals surface area contributed by atoms with Crippen LogP contribution in [0.4, 0.5) is 0 Å². The molecule has 0 saturated heterocycles. The lowest BCUT2D eigenvalue weighted by atomic mass is 9.87. The fourth-order valence-electron chi connectivity index (χ4n) is 3.04. The highest BCUT2D eigenvalue weighted by molar-refractivity contribution is 4.79. The first-order valence-corrected chi connectivity index (χ1v) is 7.14. The van der Waals surface area contributed by atoms with Crippen LogP contribution < -0.4 is 0 Å². The van der Waals surface area contributed by atoms with Crippen LogP contribution in [-0.4, -0.2) is 28.8 Å². The molecule has 3 atom stereocenters. The lowest BCUT2D eigenvalue weighted by Gasteiger charge is -2.39. The summed E-state index contributed by atoms with van der Waals surface area (Å²) in [6.45, 7) is 7.58. The zero-order valence-corrected chi connectivity index (χ0v) is 11.3. The van der Waals surface area contributed by atoms with Crippen molar-refractivity contribution in [1.82, 2.24) is 4.90 Å². The van der Waals surface area contributed by atoms with Gasteiger partial charge in [0.1, 0.15) is 6.23 Å². The van der Waals surface area contributed by atoms with E-state index in [0.717, 1.165) is 18.9 Å². The molecule has 1 N–H and O–H groups in total. The second-order valence-corrected chi connectivity index (χ2v) is 5.26. The summed E-state index contributed by atoms with van der Waals surface area (Å²) in [5, 5.41) is 10.1. The van der Waals surface area contributed by atoms with Crippen molar-refractivity contribution in [3.05, 3.63) is 0 Å². The van der Waals surface area contributed by atoms with Gasteiger partial charge < -0.3 is 5.11 Å². The summed E-state index contributed by atoms with van der Waals surface area (Å²) < 4.78 is 0. The van der Waals surface area contributed by atoms with Gasteiger partial charge in [0.2, 0.25) is 0 Å². The van der Waals surface area contributed by atoms with Crippen LogP contribution in [-0.2, 0) is 0 Å². The second-order valence-electron chi connectivity index (χ2n) is 5.26. The molecule has 1 aliphatic rings. The van der Waals surface area contributed by atoms with Gasteiger partial charge in [-0.05, 0) is 31.7 Å². The molecule has 0 aliphatic heterocycles. The van der Waals surface area contributed by atoms with Crippen molar-refractivity contribution in [2.45, 2.75) is 78.0 Å². The Hall–Kier alpha value is -0.0800. The molecule has 1 saturated carbocycles. The van der Waals surface area contributed by atoms with Crippen LogP contribution in [0.15, 0.2) is 0 Å². The normalized spacial score (nSPS) is 29.8. The minimum atomic E-state index is -0.239. The maximum Gasteiger partial charge on any atom is 0.107 e. The molecule has 0 spiro atoms. The van der Waals surface area contributed by atoms with Gasteiger partial charge in [-0.25, -0.2) is 0 Å². The molecule has 0 radical (unpaired) electrons. The Morgan fingerprint density at radius 1 is 1.12 bits per heavy atom. The Kier molecular flexibility index (Phi) is 6.37. The Balaban J connectivity index is 2.63. The number of nitrogens with zero attached hydrogens (tertiary/aromatic N) is 1. The molecule has 0 bridgehead atoms. The smallest absolute Gasteiger partial charge is 0.107 e. The van der Waals surface area contributed by atoms with E-state index >= 15 is 0 Å². The van der Waals surface area contributed by atoms with E-state index in [9.17, 15) is 5.11 Å². The Morgan fingerprint density at radius 3 is 2.31 bits per heavy atom. The van der Waals surface area contributed by atoms with Crippen molar-refractivity contribution in [1.29, 1.82) is 0 Å². The Morgan fingerprint density at radius 2 is 1.75 bits per heavy atom. The summed E-state index contributed by atoms with van der Waals surface area (Å²) in [5.41, 5.74) is 0. The van der Waals surface area contributed by atoms with Crippen LogP contribution >= 0.6 is 0 Å². The molecule has 0 aromatic rings. The molecule has 0 aromatic carbocycles. The van der Waals surface area contributed by atoms with Crippen LogP contribution in [0, 0.1) is 5.92 Å². The third kappa shape index (κ3) is 3.74. The highest BCUT2D eigenvalue weighted by Gasteiger charge is 2.27. The van der Waals surface area contributed by atoms with Crippen LogP contribution in [0.25, 0.3) is 0 Å². The summed E-state index contributed by atoms with van der Waals surface area (Å²) in [6, 6.07) is 0.597. The Bertz CT molecular complexity index is 184. The molecule has 0 amide bonds. The van der Waals surface area contributed by atoms with E-state index in [1.807, 2.05) is 0 Å². The Labute approximate surface area is 101 Å². The van der Waals surface area contributed by atoms with Crippen molar-refractivity contribution in [2.24, 2.45) is 5.92 Å². The molecule has 16 heavy (non-hydrogen) atoms. The second kappa shape index (κ2) is 7.29. The highest BCUT2D eigenvalue weighted by Crippen LogP contribution is 2.27. The van der Waals surface area contributed by atoms with Gasteiger partial charge in [0, 0.05) is 6.04 Å². The molecule has 1 fully saturated rings.